The summed E-state index contributed by atoms with van der Waals surface area (Å²) in [4.78, 5) is 20.0. The van der Waals surface area contributed by atoms with E-state index in [0.717, 1.165) is 0 Å². The van der Waals surface area contributed by atoms with E-state index in [9.17, 15) is 18.0 Å². The van der Waals surface area contributed by atoms with Crippen molar-refractivity contribution in [1.29, 1.82) is 0 Å². The Bertz CT molecular complexity index is 642. The Morgan fingerprint density at radius 2 is 1.96 bits per heavy atom. The number of carbonyl (C=O) groups excluding carboxylic acids is 1. The predicted octanol–water partition coefficient (Wildman–Crippen LogP) is 1.99. The zero-order valence-corrected chi connectivity index (χ0v) is 15.9. The summed E-state index contributed by atoms with van der Waals surface area (Å²) in [7, 11) is 0. The normalized spacial score (nSPS) is 12.5. The lowest BCUT2D eigenvalue weighted by Crippen LogP contribution is -2.48. The predicted molar refractivity (Wildman–Crippen MR) is 96.5 cm³/mol. The van der Waals surface area contributed by atoms with Crippen LogP contribution in [-0.4, -0.2) is 48.3 Å². The van der Waals surface area contributed by atoms with Crippen LogP contribution in [0.1, 0.15) is 33.3 Å². The molecule has 152 valence electrons. The molecule has 27 heavy (non-hydrogen) atoms. The monoisotopic (exact) mass is 389 g/mol. The molecule has 3 N–H and O–H groups in total. The number of rotatable bonds is 7. The lowest BCUT2D eigenvalue weighted by atomic mass is 10.1. The van der Waals surface area contributed by atoms with Crippen LogP contribution in [0.2, 0.25) is 0 Å². The molecule has 0 saturated heterocycles. The highest BCUT2D eigenvalue weighted by Gasteiger charge is 2.29. The Morgan fingerprint density at radius 1 is 1.26 bits per heavy atom. The summed E-state index contributed by atoms with van der Waals surface area (Å²) < 4.78 is 41.8. The molecule has 1 amide bonds. The summed E-state index contributed by atoms with van der Waals surface area (Å²) in [5, 5.41) is 8.65. The molecule has 0 aliphatic rings. The lowest BCUT2D eigenvalue weighted by molar-refractivity contribution is -0.154. The molecule has 1 aromatic heterocycles. The van der Waals surface area contributed by atoms with Crippen LogP contribution in [0.5, 0.6) is 5.88 Å². The number of carbonyl (C=O) groups is 1. The number of alkyl halides is 3. The first-order chi connectivity index (χ1) is 12.5. The van der Waals surface area contributed by atoms with Crippen LogP contribution < -0.4 is 20.7 Å². The van der Waals surface area contributed by atoms with E-state index in [1.807, 2.05) is 27.7 Å². The summed E-state index contributed by atoms with van der Waals surface area (Å²) in [6, 6.07) is 3.17. The Hall–Kier alpha value is -2.52. The lowest BCUT2D eigenvalue weighted by Gasteiger charge is -2.21. The van der Waals surface area contributed by atoms with Crippen molar-refractivity contribution in [2.75, 3.05) is 19.7 Å². The molecule has 0 aliphatic carbocycles. The largest absolute Gasteiger partial charge is 0.468 e. The summed E-state index contributed by atoms with van der Waals surface area (Å²) in [6.45, 7) is 6.64. The van der Waals surface area contributed by atoms with Crippen molar-refractivity contribution in [2.24, 2.45) is 4.99 Å². The van der Waals surface area contributed by atoms with Crippen LogP contribution >= 0.6 is 0 Å². The molecule has 0 spiro atoms. The maximum atomic E-state index is 12.3. The Labute approximate surface area is 156 Å². The third-order valence-corrected chi connectivity index (χ3v) is 2.91. The quantitative estimate of drug-likeness (QED) is 0.490. The summed E-state index contributed by atoms with van der Waals surface area (Å²) in [6.07, 6.45) is -3.10. The number of amides is 1. The molecular formula is C17H26F3N5O2. The SMILES string of the molecule is CCNC(=NCc1cccnc1OCC(F)(F)F)NCC(=O)NC(C)(C)C. The first kappa shape index (κ1) is 22.5. The maximum absolute atomic E-state index is 12.3. The van der Waals surface area contributed by atoms with E-state index in [0.29, 0.717) is 18.1 Å². The second kappa shape index (κ2) is 9.98. The van der Waals surface area contributed by atoms with Crippen molar-refractivity contribution in [3.63, 3.8) is 0 Å². The summed E-state index contributed by atoms with van der Waals surface area (Å²) in [5.41, 5.74) is 0.0485. The highest BCUT2D eigenvalue weighted by molar-refractivity contribution is 5.86. The molecule has 1 aromatic rings. The second-order valence-corrected chi connectivity index (χ2v) is 6.72. The molecule has 0 bridgehead atoms. The third kappa shape index (κ3) is 10.3. The van der Waals surface area contributed by atoms with E-state index in [1.54, 1.807) is 12.1 Å². The average molecular weight is 389 g/mol. The molecule has 0 unspecified atom stereocenters. The molecule has 1 heterocycles. The van der Waals surface area contributed by atoms with Crippen molar-refractivity contribution < 1.29 is 22.7 Å². The average Bonchev–Trinajstić information content (AvgIpc) is 2.54. The second-order valence-electron chi connectivity index (χ2n) is 6.72. The Morgan fingerprint density at radius 3 is 2.56 bits per heavy atom. The zero-order chi connectivity index (χ0) is 20.5. The number of aromatic nitrogens is 1. The van der Waals surface area contributed by atoms with Crippen molar-refractivity contribution >= 4 is 11.9 Å². The van der Waals surface area contributed by atoms with E-state index in [-0.39, 0.29) is 30.4 Å². The molecule has 0 radical (unpaired) electrons. The number of hydrogen-bond donors (Lipinski definition) is 3. The number of pyridine rings is 1. The topological polar surface area (TPSA) is 87.6 Å². The van der Waals surface area contributed by atoms with E-state index >= 15 is 0 Å². The summed E-state index contributed by atoms with van der Waals surface area (Å²) in [5.74, 6) is 0.0239. The van der Waals surface area contributed by atoms with Crippen molar-refractivity contribution in [3.8, 4) is 5.88 Å². The smallest absolute Gasteiger partial charge is 0.422 e. The molecule has 7 nitrogen and oxygen atoms in total. The Balaban J connectivity index is 2.73. The molecule has 0 aromatic carbocycles. The fraction of sp³-hybridized carbons (Fsp3) is 0.588. The van der Waals surface area contributed by atoms with Gasteiger partial charge in [-0.15, -0.1) is 0 Å². The third-order valence-electron chi connectivity index (χ3n) is 2.91. The van der Waals surface area contributed by atoms with Crippen LogP contribution in [0, 0.1) is 0 Å². The minimum atomic E-state index is -4.45. The van der Waals surface area contributed by atoms with Gasteiger partial charge in [0.15, 0.2) is 12.6 Å². The van der Waals surface area contributed by atoms with E-state index in [4.69, 9.17) is 4.74 Å². The number of guanidine groups is 1. The van der Waals surface area contributed by atoms with Gasteiger partial charge >= 0.3 is 6.18 Å². The number of halogens is 3. The van der Waals surface area contributed by atoms with Gasteiger partial charge in [0.1, 0.15) is 0 Å². The number of nitrogens with zero attached hydrogens (tertiary/aromatic N) is 2. The molecule has 10 heteroatoms. The first-order valence-electron chi connectivity index (χ1n) is 8.47. The standard InChI is InChI=1S/C17H26F3N5O2/c1-5-21-15(24-10-13(26)25-16(2,3)4)23-9-12-7-6-8-22-14(12)27-11-17(18,19)20/h6-8H,5,9-11H2,1-4H3,(H,25,26)(H2,21,23,24). The van der Waals surface area contributed by atoms with Crippen LogP contribution in [0.25, 0.3) is 0 Å². The molecule has 0 aliphatic heterocycles. The summed E-state index contributed by atoms with van der Waals surface area (Å²) >= 11 is 0. The minimum absolute atomic E-state index is 0.00751. The van der Waals surface area contributed by atoms with Gasteiger partial charge in [0.05, 0.1) is 13.1 Å². The first-order valence-corrected chi connectivity index (χ1v) is 8.47. The van der Waals surface area contributed by atoms with Gasteiger partial charge in [0.2, 0.25) is 11.8 Å². The van der Waals surface area contributed by atoms with Gasteiger partial charge in [-0.3, -0.25) is 4.79 Å². The van der Waals surface area contributed by atoms with Gasteiger partial charge < -0.3 is 20.7 Å². The number of ether oxygens (including phenoxy) is 1. The van der Waals surface area contributed by atoms with Gasteiger partial charge in [-0.05, 0) is 33.8 Å². The van der Waals surface area contributed by atoms with Crippen LogP contribution in [-0.2, 0) is 11.3 Å². The maximum Gasteiger partial charge on any atom is 0.422 e. The van der Waals surface area contributed by atoms with Gasteiger partial charge in [0.25, 0.3) is 0 Å². The fourth-order valence-electron chi connectivity index (χ4n) is 1.96. The van der Waals surface area contributed by atoms with Crippen molar-refractivity contribution in [2.45, 2.75) is 46.0 Å². The van der Waals surface area contributed by atoms with E-state index in [1.165, 1.54) is 6.20 Å². The van der Waals surface area contributed by atoms with Crippen molar-refractivity contribution in [1.82, 2.24) is 20.9 Å². The molecule has 0 fully saturated rings. The van der Waals surface area contributed by atoms with Gasteiger partial charge in [-0.2, -0.15) is 13.2 Å². The molecule has 0 atom stereocenters. The van der Waals surface area contributed by atoms with Crippen LogP contribution in [0.15, 0.2) is 23.3 Å². The van der Waals surface area contributed by atoms with Crippen LogP contribution in [0.3, 0.4) is 0 Å². The van der Waals surface area contributed by atoms with Crippen molar-refractivity contribution in [3.05, 3.63) is 23.9 Å². The van der Waals surface area contributed by atoms with Crippen LogP contribution in [0.4, 0.5) is 13.2 Å². The van der Waals surface area contributed by atoms with Gasteiger partial charge in [-0.1, -0.05) is 6.07 Å². The minimum Gasteiger partial charge on any atom is -0.468 e. The van der Waals surface area contributed by atoms with Gasteiger partial charge in [0, 0.05) is 23.8 Å². The van der Waals surface area contributed by atoms with Gasteiger partial charge in [-0.25, -0.2) is 9.98 Å². The number of nitrogens with one attached hydrogen (secondary N) is 3. The number of aliphatic imine (C=N–C) groups is 1. The van der Waals surface area contributed by atoms with E-state index in [2.05, 4.69) is 25.9 Å². The fourth-order valence-corrected chi connectivity index (χ4v) is 1.96. The highest BCUT2D eigenvalue weighted by Crippen LogP contribution is 2.20. The molecule has 1 rings (SSSR count). The molecular weight excluding hydrogens is 363 g/mol. The highest BCUT2D eigenvalue weighted by atomic mass is 19.4. The number of hydrogen-bond acceptors (Lipinski definition) is 4. The zero-order valence-electron chi connectivity index (χ0n) is 15.9. The molecule has 0 saturated carbocycles. The van der Waals surface area contributed by atoms with E-state index < -0.39 is 12.8 Å². The Kier molecular flexibility index (Phi) is 8.32.